The van der Waals surface area contributed by atoms with Crippen LogP contribution < -0.4 is 14.2 Å². The molecule has 124 valence electrons. The van der Waals surface area contributed by atoms with Crippen molar-refractivity contribution in [3.05, 3.63) is 17.2 Å². The van der Waals surface area contributed by atoms with Gasteiger partial charge < -0.3 is 23.8 Å². The number of nitrogens with zero attached hydrogens (tertiary/aromatic N) is 2. The third-order valence-corrected chi connectivity index (χ3v) is 3.81. The zero-order valence-corrected chi connectivity index (χ0v) is 13.7. The molecule has 1 aromatic rings. The minimum absolute atomic E-state index is 0.220. The van der Waals surface area contributed by atoms with Crippen LogP contribution in [0, 0.1) is 11.3 Å². The van der Waals surface area contributed by atoms with E-state index < -0.39 is 6.04 Å². The number of fused-ring (bicyclic) bond motifs is 1. The van der Waals surface area contributed by atoms with Gasteiger partial charge in [0.2, 0.25) is 5.75 Å². The normalized spacial score (nSPS) is 16.0. The van der Waals surface area contributed by atoms with Crippen LogP contribution in [0.15, 0.2) is 6.07 Å². The first-order chi connectivity index (χ1) is 11.1. The van der Waals surface area contributed by atoms with Gasteiger partial charge in [-0.1, -0.05) is 0 Å². The van der Waals surface area contributed by atoms with Crippen molar-refractivity contribution in [3.63, 3.8) is 0 Å². The fourth-order valence-corrected chi connectivity index (χ4v) is 2.80. The molecule has 0 N–H and O–H groups in total. The molecule has 23 heavy (non-hydrogen) atoms. The highest BCUT2D eigenvalue weighted by atomic mass is 16.5. The molecule has 1 aliphatic heterocycles. The molecule has 0 saturated heterocycles. The van der Waals surface area contributed by atoms with Crippen LogP contribution in [-0.4, -0.2) is 52.4 Å². The summed E-state index contributed by atoms with van der Waals surface area (Å²) < 4.78 is 21.0. The van der Waals surface area contributed by atoms with Crippen LogP contribution in [0.4, 0.5) is 0 Å². The van der Waals surface area contributed by atoms with Gasteiger partial charge >= 0.3 is 0 Å². The quantitative estimate of drug-likeness (QED) is 0.712. The highest BCUT2D eigenvalue weighted by molar-refractivity contribution is 6.01. The maximum absolute atomic E-state index is 12.7. The molecule has 0 radical (unpaired) electrons. The van der Waals surface area contributed by atoms with Crippen molar-refractivity contribution in [2.45, 2.75) is 12.5 Å². The van der Waals surface area contributed by atoms with Crippen LogP contribution in [0.3, 0.4) is 0 Å². The lowest BCUT2D eigenvalue weighted by Gasteiger charge is -2.20. The van der Waals surface area contributed by atoms with Crippen LogP contribution in [0.1, 0.15) is 28.4 Å². The largest absolute Gasteiger partial charge is 0.493 e. The zero-order valence-electron chi connectivity index (χ0n) is 13.7. The van der Waals surface area contributed by atoms with Crippen LogP contribution in [-0.2, 0) is 4.74 Å². The lowest BCUT2D eigenvalue weighted by atomic mass is 10.0. The van der Waals surface area contributed by atoms with E-state index in [2.05, 4.69) is 6.07 Å². The van der Waals surface area contributed by atoms with Gasteiger partial charge in [0.05, 0.1) is 33.0 Å². The van der Waals surface area contributed by atoms with Gasteiger partial charge in [-0.25, -0.2) is 0 Å². The zero-order chi connectivity index (χ0) is 17.0. The Labute approximate surface area is 135 Å². The minimum Gasteiger partial charge on any atom is -0.493 e. The average molecular weight is 320 g/mol. The average Bonchev–Trinajstić information content (AvgIpc) is 2.84. The van der Waals surface area contributed by atoms with Crippen molar-refractivity contribution in [2.24, 2.45) is 0 Å². The molecule has 0 aliphatic carbocycles. The molecule has 1 aromatic carbocycles. The number of nitriles is 1. The molecule has 1 atom stereocenters. The summed E-state index contributed by atoms with van der Waals surface area (Å²) in [5.41, 5.74) is 0.929. The molecular weight excluding hydrogens is 300 g/mol. The highest BCUT2D eigenvalue weighted by Crippen LogP contribution is 2.49. The Bertz CT molecular complexity index is 638. The molecule has 0 aromatic heterocycles. The number of ether oxygens (including phenoxy) is 4. The number of rotatable bonds is 7. The van der Waals surface area contributed by atoms with E-state index >= 15 is 0 Å². The van der Waals surface area contributed by atoms with Gasteiger partial charge in [-0.15, -0.1) is 0 Å². The molecule has 2 rings (SSSR count). The molecule has 0 bridgehead atoms. The molecule has 0 fully saturated rings. The SMILES string of the molecule is COCCCN1C(=O)c2cc(OC)c(OC)c(OC)c2C1C#N. The molecule has 1 aliphatic rings. The van der Waals surface area contributed by atoms with E-state index in [4.69, 9.17) is 18.9 Å². The minimum atomic E-state index is -0.718. The lowest BCUT2D eigenvalue weighted by molar-refractivity contribution is 0.0737. The van der Waals surface area contributed by atoms with E-state index in [9.17, 15) is 10.1 Å². The molecule has 1 heterocycles. The van der Waals surface area contributed by atoms with Gasteiger partial charge in [0.1, 0.15) is 6.04 Å². The van der Waals surface area contributed by atoms with Crippen LogP contribution >= 0.6 is 0 Å². The summed E-state index contributed by atoms with van der Waals surface area (Å²) in [6.07, 6.45) is 0.644. The van der Waals surface area contributed by atoms with E-state index in [1.165, 1.54) is 26.2 Å². The number of carbonyl (C=O) groups is 1. The number of methoxy groups -OCH3 is 4. The van der Waals surface area contributed by atoms with Crippen LogP contribution in [0.25, 0.3) is 0 Å². The molecule has 0 spiro atoms. The summed E-state index contributed by atoms with van der Waals surface area (Å²) >= 11 is 0. The number of carbonyl (C=O) groups excluding carboxylic acids is 1. The smallest absolute Gasteiger partial charge is 0.255 e. The van der Waals surface area contributed by atoms with Gasteiger partial charge in [0.15, 0.2) is 11.5 Å². The summed E-state index contributed by atoms with van der Waals surface area (Å²) in [5, 5.41) is 9.56. The Balaban J connectivity index is 2.53. The second-order valence-electron chi connectivity index (χ2n) is 4.98. The molecule has 1 amide bonds. The number of benzene rings is 1. The van der Waals surface area contributed by atoms with Crippen molar-refractivity contribution >= 4 is 5.91 Å². The van der Waals surface area contributed by atoms with E-state index in [0.29, 0.717) is 47.9 Å². The van der Waals surface area contributed by atoms with E-state index in [1.807, 2.05) is 0 Å². The Morgan fingerprint density at radius 1 is 1.17 bits per heavy atom. The van der Waals surface area contributed by atoms with Crippen LogP contribution in [0.2, 0.25) is 0 Å². The standard InChI is InChI=1S/C16H20N2O5/c1-20-7-5-6-18-11(9-17)13-10(16(18)19)8-12(21-2)14(22-3)15(13)23-4/h8,11H,5-7H2,1-4H3. The Kier molecular flexibility index (Phi) is 5.29. The second kappa shape index (κ2) is 7.20. The summed E-state index contributed by atoms with van der Waals surface area (Å²) in [6, 6.07) is 3.06. The summed E-state index contributed by atoms with van der Waals surface area (Å²) in [5.74, 6) is 0.908. The third kappa shape index (κ3) is 2.78. The van der Waals surface area contributed by atoms with E-state index in [0.717, 1.165) is 0 Å². The van der Waals surface area contributed by atoms with Crippen molar-refractivity contribution < 1.29 is 23.7 Å². The van der Waals surface area contributed by atoms with E-state index in [-0.39, 0.29) is 5.91 Å². The van der Waals surface area contributed by atoms with Crippen LogP contribution in [0.5, 0.6) is 17.2 Å². The highest BCUT2D eigenvalue weighted by Gasteiger charge is 2.41. The molecule has 7 nitrogen and oxygen atoms in total. The maximum atomic E-state index is 12.7. The predicted octanol–water partition coefficient (Wildman–Crippen LogP) is 1.77. The monoisotopic (exact) mass is 320 g/mol. The van der Waals surface area contributed by atoms with Crippen molar-refractivity contribution in [1.29, 1.82) is 5.26 Å². The maximum Gasteiger partial charge on any atom is 0.255 e. The van der Waals surface area contributed by atoms with Crippen molar-refractivity contribution in [1.82, 2.24) is 4.90 Å². The first-order valence-electron chi connectivity index (χ1n) is 7.16. The number of hydrogen-bond donors (Lipinski definition) is 0. The Morgan fingerprint density at radius 3 is 2.39 bits per heavy atom. The Morgan fingerprint density at radius 2 is 1.87 bits per heavy atom. The summed E-state index contributed by atoms with van der Waals surface area (Å²) in [7, 11) is 6.05. The van der Waals surface area contributed by atoms with Crippen molar-refractivity contribution in [2.75, 3.05) is 41.6 Å². The topological polar surface area (TPSA) is 81.0 Å². The summed E-state index contributed by atoms with van der Waals surface area (Å²) in [4.78, 5) is 14.2. The van der Waals surface area contributed by atoms with Gasteiger partial charge in [-0.2, -0.15) is 5.26 Å². The molecule has 1 unspecified atom stereocenters. The lowest BCUT2D eigenvalue weighted by Crippen LogP contribution is -2.29. The van der Waals surface area contributed by atoms with Gasteiger partial charge in [-0.3, -0.25) is 4.79 Å². The fourth-order valence-electron chi connectivity index (χ4n) is 2.80. The predicted molar refractivity (Wildman–Crippen MR) is 82.0 cm³/mol. The van der Waals surface area contributed by atoms with Crippen molar-refractivity contribution in [3.8, 4) is 23.3 Å². The first-order valence-corrected chi connectivity index (χ1v) is 7.16. The van der Waals surface area contributed by atoms with Gasteiger partial charge in [0.25, 0.3) is 5.91 Å². The van der Waals surface area contributed by atoms with E-state index in [1.54, 1.807) is 13.2 Å². The fraction of sp³-hybridized carbons (Fsp3) is 0.500. The second-order valence-corrected chi connectivity index (χ2v) is 4.98. The van der Waals surface area contributed by atoms with Gasteiger partial charge in [0, 0.05) is 25.8 Å². The Hall–Kier alpha value is -2.46. The molecule has 7 heteroatoms. The van der Waals surface area contributed by atoms with Gasteiger partial charge in [-0.05, 0) is 12.5 Å². The summed E-state index contributed by atoms with van der Waals surface area (Å²) in [6.45, 7) is 0.940. The number of hydrogen-bond acceptors (Lipinski definition) is 6. The number of amides is 1. The molecular formula is C16H20N2O5. The third-order valence-electron chi connectivity index (χ3n) is 3.81. The molecule has 0 saturated carbocycles. The first kappa shape index (κ1) is 16.9.